The molecule has 3 heterocycles. The molecule has 3 fully saturated rings. The number of aliphatic hydroxyl groups excluding tert-OH is 1. The highest BCUT2D eigenvalue weighted by atomic mass is 127. The first-order chi connectivity index (χ1) is 19.0. The zero-order valence-corrected chi connectivity index (χ0v) is 28.2. The third-order valence-electron chi connectivity index (χ3n) is 9.21. The molecule has 3 aliphatic rings. The summed E-state index contributed by atoms with van der Waals surface area (Å²) in [6.07, 6.45) is -1.91. The number of esters is 1. The minimum atomic E-state index is -1.84. The lowest BCUT2D eigenvalue weighted by atomic mass is 9.75. The van der Waals surface area contributed by atoms with E-state index in [4.69, 9.17) is 23.7 Å². The first-order valence-electron chi connectivity index (χ1n) is 14.5. The van der Waals surface area contributed by atoms with Crippen molar-refractivity contribution >= 4 is 40.4 Å². The van der Waals surface area contributed by atoms with Crippen molar-refractivity contribution in [3.05, 3.63) is 0 Å². The fourth-order valence-corrected chi connectivity index (χ4v) is 7.22. The van der Waals surface area contributed by atoms with Crippen molar-refractivity contribution < 1.29 is 43.5 Å². The third-order valence-corrected chi connectivity index (χ3v) is 10.7. The molecule has 0 amide bonds. The monoisotopic (exact) mass is 696 g/mol. The number of Topliss-reactive ketones (excluding diaryl/α,β-unsaturated/α-hetero) is 1. The predicted octanol–water partition coefficient (Wildman–Crippen LogP) is 2.92. The number of aliphatic hydroxyl groups is 2. The maximum atomic E-state index is 13.6. The van der Waals surface area contributed by atoms with Crippen LogP contribution in [0.15, 0.2) is 4.99 Å². The van der Waals surface area contributed by atoms with Crippen molar-refractivity contribution in [1.29, 1.82) is 0 Å². The second-order valence-corrected chi connectivity index (χ2v) is 13.9. The Balaban J connectivity index is 2.01. The summed E-state index contributed by atoms with van der Waals surface area (Å²) in [6.45, 7) is 12.4. The number of amidine groups is 1. The summed E-state index contributed by atoms with van der Waals surface area (Å²) in [7, 11) is 5.21. The van der Waals surface area contributed by atoms with Crippen LogP contribution >= 0.6 is 22.6 Å². The molecule has 0 saturated carbocycles. The molecule has 0 bridgehead atoms. The molecule has 11 nitrogen and oxygen atoms in total. The molecule has 3 rings (SSSR count). The van der Waals surface area contributed by atoms with Gasteiger partial charge in [-0.2, -0.15) is 0 Å². The molecule has 41 heavy (non-hydrogen) atoms. The second-order valence-electron chi connectivity index (χ2n) is 12.7. The van der Waals surface area contributed by atoms with Gasteiger partial charge in [0.2, 0.25) is 0 Å². The Bertz CT molecular complexity index is 980. The highest BCUT2D eigenvalue weighted by Gasteiger charge is 2.53. The fourth-order valence-electron chi connectivity index (χ4n) is 6.61. The van der Waals surface area contributed by atoms with Gasteiger partial charge in [-0.1, -0.05) is 27.7 Å². The number of nitrogens with zero attached hydrogens (tertiary/aromatic N) is 2. The van der Waals surface area contributed by atoms with Crippen molar-refractivity contribution in [1.82, 2.24) is 4.90 Å². The van der Waals surface area contributed by atoms with Gasteiger partial charge in [-0.05, 0) is 68.5 Å². The van der Waals surface area contributed by atoms with Crippen molar-refractivity contribution in [3.63, 3.8) is 0 Å². The molecule has 3 saturated heterocycles. The zero-order chi connectivity index (χ0) is 31.0. The van der Waals surface area contributed by atoms with Crippen molar-refractivity contribution in [2.75, 3.05) is 21.2 Å². The van der Waals surface area contributed by atoms with E-state index in [1.807, 2.05) is 32.7 Å². The van der Waals surface area contributed by atoms with Crippen LogP contribution < -0.4 is 0 Å². The summed E-state index contributed by atoms with van der Waals surface area (Å²) in [5, 5.41) is 22.1. The molecule has 1 unspecified atom stereocenters. The van der Waals surface area contributed by atoms with Crippen LogP contribution in [-0.4, -0.2) is 106 Å². The highest BCUT2D eigenvalue weighted by Crippen LogP contribution is 2.40. The van der Waals surface area contributed by atoms with Crippen LogP contribution in [0.1, 0.15) is 67.7 Å². The SMILES string of the molecule is C/N=C1/O[C@H]2[C@H](O[C@@H]3[C@@H](C)C[C@@H](C)C(=O)O[C@H](I)[C@@](C)(O)C(O)[C@@H](C)C(=O)[C@H](C)C[C@@]3(C)OC)O[C@H](C)C[C@@H]2N1C. The lowest BCUT2D eigenvalue weighted by Crippen LogP contribution is -2.57. The second kappa shape index (κ2) is 13.3. The van der Waals surface area contributed by atoms with E-state index in [2.05, 4.69) is 4.99 Å². The van der Waals surface area contributed by atoms with Gasteiger partial charge in [0.1, 0.15) is 11.4 Å². The quantitative estimate of drug-likeness (QED) is 0.258. The van der Waals surface area contributed by atoms with Gasteiger partial charge in [0.25, 0.3) is 6.02 Å². The van der Waals surface area contributed by atoms with Crippen molar-refractivity contribution in [2.45, 2.75) is 120 Å². The van der Waals surface area contributed by atoms with Crippen LogP contribution in [0.25, 0.3) is 0 Å². The minimum absolute atomic E-state index is 0.00943. The molecule has 0 aromatic heterocycles. The number of fused-ring (bicyclic) bond motifs is 1. The number of ether oxygens (including phenoxy) is 5. The van der Waals surface area contributed by atoms with Gasteiger partial charge in [-0.15, -0.1) is 0 Å². The van der Waals surface area contributed by atoms with Crippen LogP contribution in [0.2, 0.25) is 0 Å². The standard InChI is InChI=1S/C29H49IN2O9/c1-14-11-15(2)24(35)41-26(30)29(7,36)22(34)18(5)20(33)16(3)13-28(6,37-10)23(14)40-25-21-19(12-17(4)38-25)32(9)27(31-8)39-21/h14-19,21-23,25-26,34,36H,11-13H2,1-10H3/b31-27+/t14-,15+,16+,17+,18-,19-,21+,22?,23+,25-,26-,28+,29-/m0/s1. The normalized spacial score (nSPS) is 47.9. The molecule has 236 valence electrons. The Morgan fingerprint density at radius 2 is 1.71 bits per heavy atom. The van der Waals surface area contributed by atoms with Gasteiger partial charge >= 0.3 is 5.97 Å². The van der Waals surface area contributed by atoms with E-state index in [1.54, 1.807) is 57.5 Å². The molecular weight excluding hydrogens is 647 g/mol. The highest BCUT2D eigenvalue weighted by molar-refractivity contribution is 14.1. The molecule has 3 aliphatic heterocycles. The van der Waals surface area contributed by atoms with E-state index in [0.29, 0.717) is 12.4 Å². The molecule has 0 radical (unpaired) electrons. The lowest BCUT2D eigenvalue weighted by molar-refractivity contribution is -0.286. The van der Waals surface area contributed by atoms with Crippen LogP contribution in [0.5, 0.6) is 0 Å². The number of hydrogen-bond acceptors (Lipinski definition) is 10. The van der Waals surface area contributed by atoms with Gasteiger partial charge in [-0.25, -0.2) is 4.99 Å². The summed E-state index contributed by atoms with van der Waals surface area (Å²) < 4.78 is 29.9. The van der Waals surface area contributed by atoms with Crippen LogP contribution in [-0.2, 0) is 33.3 Å². The number of methoxy groups -OCH3 is 1. The molecule has 13 atom stereocenters. The van der Waals surface area contributed by atoms with E-state index in [0.717, 1.165) is 6.42 Å². The summed E-state index contributed by atoms with van der Waals surface area (Å²) >= 11 is 1.80. The number of carbonyl (C=O) groups is 2. The maximum Gasteiger partial charge on any atom is 0.309 e. The maximum absolute atomic E-state index is 13.6. The number of hydrogen-bond donors (Lipinski definition) is 2. The Hall–Kier alpha value is -1.06. The number of halogens is 1. The van der Waals surface area contributed by atoms with E-state index in [1.165, 1.54) is 6.92 Å². The summed E-state index contributed by atoms with van der Waals surface area (Å²) in [5.41, 5.74) is -2.82. The van der Waals surface area contributed by atoms with Crippen LogP contribution in [0, 0.1) is 23.7 Å². The average molecular weight is 697 g/mol. The molecule has 2 N–H and O–H groups in total. The van der Waals surface area contributed by atoms with Gasteiger partial charge in [0, 0.05) is 33.0 Å². The molecule has 0 aliphatic carbocycles. The number of rotatable bonds is 3. The summed E-state index contributed by atoms with van der Waals surface area (Å²) in [5.74, 6) is -3.00. The number of carbonyl (C=O) groups excluding carboxylic acids is 2. The zero-order valence-electron chi connectivity index (χ0n) is 26.0. The molecule has 0 spiro atoms. The predicted molar refractivity (Wildman–Crippen MR) is 160 cm³/mol. The van der Waals surface area contributed by atoms with E-state index in [-0.39, 0.29) is 30.3 Å². The Morgan fingerprint density at radius 3 is 2.29 bits per heavy atom. The Kier molecular flexibility index (Phi) is 11.2. The average Bonchev–Trinajstić information content (AvgIpc) is 3.24. The smallest absolute Gasteiger partial charge is 0.309 e. The first kappa shape index (κ1) is 34.4. The summed E-state index contributed by atoms with van der Waals surface area (Å²) in [4.78, 5) is 33.0. The number of alkyl halides is 1. The van der Waals surface area contributed by atoms with Gasteiger partial charge < -0.3 is 38.8 Å². The van der Waals surface area contributed by atoms with Gasteiger partial charge in [0.05, 0.1) is 35.9 Å². The number of ketones is 1. The summed E-state index contributed by atoms with van der Waals surface area (Å²) in [6, 6.07) is 0.530. The van der Waals surface area contributed by atoms with E-state index < -0.39 is 63.6 Å². The molecule has 12 heteroatoms. The number of likely N-dealkylation sites (N-methyl/N-ethyl adjacent to an activating group) is 1. The number of aliphatic imine (C=N–C) groups is 1. The minimum Gasteiger partial charge on any atom is -0.454 e. The molecule has 0 aromatic rings. The van der Waals surface area contributed by atoms with Gasteiger partial charge in [-0.3, -0.25) is 9.59 Å². The molecular formula is C29H49IN2O9. The van der Waals surface area contributed by atoms with Crippen molar-refractivity contribution in [2.24, 2.45) is 28.7 Å². The van der Waals surface area contributed by atoms with Crippen molar-refractivity contribution in [3.8, 4) is 0 Å². The first-order valence-corrected chi connectivity index (χ1v) is 15.7. The third kappa shape index (κ3) is 7.03. The Labute approximate surface area is 257 Å². The lowest BCUT2D eigenvalue weighted by Gasteiger charge is -2.46. The largest absolute Gasteiger partial charge is 0.454 e. The Morgan fingerprint density at radius 1 is 1.07 bits per heavy atom. The number of cyclic esters (lactones) is 1. The van der Waals surface area contributed by atoms with E-state index >= 15 is 0 Å². The van der Waals surface area contributed by atoms with Crippen LogP contribution in [0.3, 0.4) is 0 Å². The van der Waals surface area contributed by atoms with Crippen LogP contribution in [0.4, 0.5) is 0 Å². The van der Waals surface area contributed by atoms with E-state index in [9.17, 15) is 19.8 Å². The topological polar surface area (TPSA) is 136 Å². The van der Waals surface area contributed by atoms with Gasteiger partial charge in [0.15, 0.2) is 16.5 Å². The molecule has 0 aromatic carbocycles. The fraction of sp³-hybridized carbons (Fsp3) is 0.897.